The van der Waals surface area contributed by atoms with Gasteiger partial charge in [0.25, 0.3) is 0 Å². The van der Waals surface area contributed by atoms with E-state index >= 15 is 0 Å². The zero-order valence-electron chi connectivity index (χ0n) is 14.0. The molecular formula is C20H22O3S. The highest BCUT2D eigenvalue weighted by molar-refractivity contribution is 7.96. The summed E-state index contributed by atoms with van der Waals surface area (Å²) in [5.41, 5.74) is 1.36. The summed E-state index contributed by atoms with van der Waals surface area (Å²) >= 11 is 0. The van der Waals surface area contributed by atoms with Gasteiger partial charge < -0.3 is 0 Å². The van der Waals surface area contributed by atoms with E-state index in [1.807, 2.05) is 13.8 Å². The fourth-order valence-electron chi connectivity index (χ4n) is 2.34. The third-order valence-corrected chi connectivity index (χ3v) is 5.59. The predicted molar refractivity (Wildman–Crippen MR) is 96.7 cm³/mol. The maximum absolute atomic E-state index is 13.0. The summed E-state index contributed by atoms with van der Waals surface area (Å²) in [6.07, 6.45) is 3.91. The number of aryl methyl sites for hydroxylation is 1. The quantitative estimate of drug-likeness (QED) is 0.415. The van der Waals surface area contributed by atoms with E-state index in [1.165, 1.54) is 0 Å². The second-order valence-corrected chi connectivity index (χ2v) is 7.64. The smallest absolute Gasteiger partial charge is 0.210 e. The number of rotatable bonds is 7. The Bertz CT molecular complexity index is 817. The second-order valence-electron chi connectivity index (χ2n) is 5.72. The van der Waals surface area contributed by atoms with Crippen LogP contribution in [0.1, 0.15) is 42.1 Å². The Balaban J connectivity index is 2.48. The van der Waals surface area contributed by atoms with Crippen LogP contribution in [-0.2, 0) is 9.84 Å². The summed E-state index contributed by atoms with van der Waals surface area (Å²) in [6.45, 7) is 3.92. The first kappa shape index (κ1) is 18.1. The van der Waals surface area contributed by atoms with Crippen LogP contribution in [0, 0.1) is 6.92 Å². The van der Waals surface area contributed by atoms with Crippen LogP contribution >= 0.6 is 0 Å². The van der Waals surface area contributed by atoms with Crippen LogP contribution in [0.15, 0.2) is 70.5 Å². The lowest BCUT2D eigenvalue weighted by Crippen LogP contribution is -2.14. The van der Waals surface area contributed by atoms with Gasteiger partial charge in [-0.1, -0.05) is 73.9 Å². The Morgan fingerprint density at radius 2 is 1.62 bits per heavy atom. The molecule has 0 bridgehead atoms. The molecule has 4 heteroatoms. The normalized spacial score (nSPS) is 12.2. The van der Waals surface area contributed by atoms with Crippen molar-refractivity contribution in [2.24, 2.45) is 0 Å². The monoisotopic (exact) mass is 342 g/mol. The molecule has 0 spiro atoms. The Hall–Kier alpha value is -2.20. The molecule has 0 aromatic heterocycles. The lowest BCUT2D eigenvalue weighted by Gasteiger charge is -2.09. The average Bonchev–Trinajstić information content (AvgIpc) is 2.59. The van der Waals surface area contributed by atoms with E-state index in [1.54, 1.807) is 60.7 Å². The summed E-state index contributed by atoms with van der Waals surface area (Å²) < 4.78 is 25.9. The fourth-order valence-corrected chi connectivity index (χ4v) is 3.79. The zero-order chi connectivity index (χ0) is 17.6. The first-order chi connectivity index (χ1) is 11.5. The number of Topliss-reactive ketones (excluding diaryl/α,β-unsaturated/α-hetero) is 1. The van der Waals surface area contributed by atoms with Crippen molar-refractivity contribution in [1.82, 2.24) is 0 Å². The summed E-state index contributed by atoms with van der Waals surface area (Å²) in [5, 5.41) is 0. The topological polar surface area (TPSA) is 51.2 Å². The van der Waals surface area contributed by atoms with Crippen LogP contribution in [0.5, 0.6) is 0 Å². The van der Waals surface area contributed by atoms with Crippen molar-refractivity contribution < 1.29 is 13.2 Å². The van der Waals surface area contributed by atoms with E-state index in [0.29, 0.717) is 12.0 Å². The average molecular weight is 342 g/mol. The number of ketones is 1. The van der Waals surface area contributed by atoms with E-state index < -0.39 is 15.6 Å². The molecule has 0 atom stereocenters. The van der Waals surface area contributed by atoms with Crippen LogP contribution in [0.3, 0.4) is 0 Å². The van der Waals surface area contributed by atoms with Gasteiger partial charge in [0.15, 0.2) is 0 Å². The Labute approximate surface area is 144 Å². The predicted octanol–water partition coefficient (Wildman–Crippen LogP) is 4.73. The summed E-state index contributed by atoms with van der Waals surface area (Å²) in [5.74, 6) is -0.452. The van der Waals surface area contributed by atoms with Crippen molar-refractivity contribution in [1.29, 1.82) is 0 Å². The van der Waals surface area contributed by atoms with Gasteiger partial charge in [0.05, 0.1) is 4.90 Å². The van der Waals surface area contributed by atoms with Crippen molar-refractivity contribution in [3.8, 4) is 0 Å². The van der Waals surface area contributed by atoms with Crippen LogP contribution in [0.2, 0.25) is 0 Å². The van der Waals surface area contributed by atoms with Gasteiger partial charge in [-0.05, 0) is 25.5 Å². The van der Waals surface area contributed by atoms with Gasteiger partial charge in [-0.2, -0.15) is 0 Å². The molecule has 0 saturated heterocycles. The lowest BCUT2D eigenvalue weighted by atomic mass is 10.1. The van der Waals surface area contributed by atoms with E-state index in [2.05, 4.69) is 0 Å². The molecule has 0 saturated carbocycles. The molecule has 24 heavy (non-hydrogen) atoms. The van der Waals surface area contributed by atoms with Gasteiger partial charge in [-0.25, -0.2) is 8.42 Å². The first-order valence-corrected chi connectivity index (χ1v) is 9.56. The Morgan fingerprint density at radius 3 is 2.21 bits per heavy atom. The van der Waals surface area contributed by atoms with Crippen molar-refractivity contribution in [2.75, 3.05) is 0 Å². The molecule has 0 aliphatic rings. The zero-order valence-corrected chi connectivity index (χ0v) is 14.8. The highest BCUT2D eigenvalue weighted by atomic mass is 32.2. The van der Waals surface area contributed by atoms with E-state index in [-0.39, 0.29) is 9.80 Å². The third kappa shape index (κ3) is 4.20. The van der Waals surface area contributed by atoms with E-state index in [9.17, 15) is 13.2 Å². The molecule has 0 fully saturated rings. The fraction of sp³-hybridized carbons (Fsp3) is 0.250. The summed E-state index contributed by atoms with van der Waals surface area (Å²) in [6, 6.07) is 15.1. The van der Waals surface area contributed by atoms with Gasteiger partial charge in [0, 0.05) is 5.56 Å². The van der Waals surface area contributed by atoms with Crippen molar-refractivity contribution in [3.63, 3.8) is 0 Å². The molecule has 0 amide bonds. The molecule has 2 rings (SSSR count). The number of hydrogen-bond acceptors (Lipinski definition) is 3. The SMILES string of the molecule is CCCC/C=C(/C(=O)c1ccccc1)S(=O)(=O)c1ccc(C)cc1. The Morgan fingerprint density at radius 1 is 1.00 bits per heavy atom. The van der Waals surface area contributed by atoms with Gasteiger partial charge in [0.1, 0.15) is 4.91 Å². The molecule has 3 nitrogen and oxygen atoms in total. The number of sulfone groups is 1. The van der Waals surface area contributed by atoms with Crippen LogP contribution in [0.4, 0.5) is 0 Å². The molecular weight excluding hydrogens is 320 g/mol. The highest BCUT2D eigenvalue weighted by Crippen LogP contribution is 2.24. The molecule has 0 radical (unpaired) electrons. The molecule has 2 aromatic rings. The number of hydrogen-bond donors (Lipinski definition) is 0. The maximum atomic E-state index is 13.0. The molecule has 0 aliphatic heterocycles. The van der Waals surface area contributed by atoms with E-state index in [0.717, 1.165) is 18.4 Å². The number of allylic oxidation sites excluding steroid dienone is 2. The second kappa shape index (κ2) is 8.06. The van der Waals surface area contributed by atoms with Crippen molar-refractivity contribution in [2.45, 2.75) is 38.0 Å². The number of benzene rings is 2. The Kier molecular flexibility index (Phi) is 6.10. The minimum Gasteiger partial charge on any atom is -0.288 e. The number of carbonyl (C=O) groups is 1. The molecule has 0 N–H and O–H groups in total. The van der Waals surface area contributed by atoms with Crippen LogP contribution in [0.25, 0.3) is 0 Å². The van der Waals surface area contributed by atoms with Crippen molar-refractivity contribution >= 4 is 15.6 Å². The van der Waals surface area contributed by atoms with Gasteiger partial charge in [0.2, 0.25) is 15.6 Å². The van der Waals surface area contributed by atoms with E-state index in [4.69, 9.17) is 0 Å². The molecule has 0 aliphatic carbocycles. The molecule has 2 aromatic carbocycles. The molecule has 0 unspecified atom stereocenters. The first-order valence-electron chi connectivity index (χ1n) is 8.08. The van der Waals surface area contributed by atoms with Crippen molar-refractivity contribution in [3.05, 3.63) is 76.7 Å². The number of unbranched alkanes of at least 4 members (excludes halogenated alkanes) is 2. The standard InChI is InChI=1S/C20H22O3S/c1-3-4-6-11-19(20(21)17-9-7-5-8-10-17)24(22,23)18-14-12-16(2)13-15-18/h5,7-15H,3-4,6H2,1-2H3/b19-11-. The highest BCUT2D eigenvalue weighted by Gasteiger charge is 2.27. The van der Waals surface area contributed by atoms with Crippen LogP contribution in [-0.4, -0.2) is 14.2 Å². The molecule has 0 heterocycles. The summed E-state index contributed by atoms with van der Waals surface area (Å²) in [7, 11) is -3.83. The minimum atomic E-state index is -3.83. The number of carbonyl (C=O) groups excluding carboxylic acids is 1. The van der Waals surface area contributed by atoms with Crippen LogP contribution < -0.4 is 0 Å². The minimum absolute atomic E-state index is 0.133. The van der Waals surface area contributed by atoms with Gasteiger partial charge >= 0.3 is 0 Å². The summed E-state index contributed by atoms with van der Waals surface area (Å²) in [4.78, 5) is 12.8. The maximum Gasteiger partial charge on any atom is 0.210 e. The lowest BCUT2D eigenvalue weighted by molar-refractivity contribution is 0.104. The van der Waals surface area contributed by atoms with Gasteiger partial charge in [-0.3, -0.25) is 4.79 Å². The van der Waals surface area contributed by atoms with Gasteiger partial charge in [-0.15, -0.1) is 0 Å². The molecule has 126 valence electrons. The largest absolute Gasteiger partial charge is 0.288 e. The third-order valence-electron chi connectivity index (χ3n) is 3.77.